The van der Waals surface area contributed by atoms with E-state index in [1.54, 1.807) is 24.1 Å². The number of aromatic nitrogens is 2. The van der Waals surface area contributed by atoms with Crippen LogP contribution in [0.2, 0.25) is 0 Å². The molecule has 0 saturated carbocycles. The lowest BCUT2D eigenvalue weighted by Gasteiger charge is -2.09. The van der Waals surface area contributed by atoms with E-state index in [0.29, 0.717) is 12.1 Å². The van der Waals surface area contributed by atoms with Gasteiger partial charge in [-0.05, 0) is 54.1 Å². The van der Waals surface area contributed by atoms with Crippen molar-refractivity contribution in [3.05, 3.63) is 89.5 Å². The van der Waals surface area contributed by atoms with Crippen molar-refractivity contribution in [1.82, 2.24) is 9.78 Å². The van der Waals surface area contributed by atoms with Crippen LogP contribution in [-0.4, -0.2) is 22.7 Å². The van der Waals surface area contributed by atoms with Gasteiger partial charge in [-0.2, -0.15) is 5.10 Å². The molecule has 0 aliphatic heterocycles. The van der Waals surface area contributed by atoms with Gasteiger partial charge in [0, 0.05) is 23.5 Å². The zero-order valence-electron chi connectivity index (χ0n) is 13.7. The minimum absolute atomic E-state index is 0.176. The summed E-state index contributed by atoms with van der Waals surface area (Å²) in [5.74, 6) is 0.223. The fourth-order valence-electron chi connectivity index (χ4n) is 2.48. The summed E-state index contributed by atoms with van der Waals surface area (Å²) in [5, 5.41) is 4.20. The van der Waals surface area contributed by atoms with Gasteiger partial charge in [0.25, 0.3) is 0 Å². The third-order valence-corrected chi connectivity index (χ3v) is 3.75. The van der Waals surface area contributed by atoms with Gasteiger partial charge in [-0.1, -0.05) is 12.1 Å². The fourth-order valence-corrected chi connectivity index (χ4v) is 2.48. The molecule has 1 heterocycles. The minimum Gasteiger partial charge on any atom is -0.496 e. The van der Waals surface area contributed by atoms with Gasteiger partial charge in [-0.25, -0.2) is 4.39 Å². The van der Waals surface area contributed by atoms with Crippen LogP contribution >= 0.6 is 0 Å². The smallest absolute Gasteiger partial charge is 0.185 e. The highest BCUT2D eigenvalue weighted by atomic mass is 19.1. The molecule has 4 nitrogen and oxygen atoms in total. The molecule has 0 atom stereocenters. The van der Waals surface area contributed by atoms with Crippen LogP contribution in [0.3, 0.4) is 0 Å². The Kier molecular flexibility index (Phi) is 5.04. The van der Waals surface area contributed by atoms with E-state index in [2.05, 4.69) is 5.10 Å². The molecule has 0 bridgehead atoms. The largest absolute Gasteiger partial charge is 0.496 e. The predicted molar refractivity (Wildman–Crippen MR) is 94.1 cm³/mol. The van der Waals surface area contributed by atoms with Crippen molar-refractivity contribution in [2.75, 3.05) is 7.11 Å². The quantitative estimate of drug-likeness (QED) is 0.505. The number of benzene rings is 2. The third-order valence-electron chi connectivity index (χ3n) is 3.75. The first-order valence-electron chi connectivity index (χ1n) is 7.78. The molecule has 0 aliphatic rings. The van der Waals surface area contributed by atoms with Gasteiger partial charge in [0.1, 0.15) is 11.6 Å². The Morgan fingerprint density at radius 3 is 2.72 bits per heavy atom. The topological polar surface area (TPSA) is 44.1 Å². The molecule has 0 unspecified atom stereocenters. The molecular formula is C20H17FN2O2. The molecule has 1 aromatic heterocycles. The van der Waals surface area contributed by atoms with E-state index in [1.807, 2.05) is 30.5 Å². The SMILES string of the molecule is COc1ccc(/C=C/C(=O)c2ccc(F)cc2)cc1Cn1cccn1. The lowest BCUT2D eigenvalue weighted by molar-refractivity contribution is 0.104. The third kappa shape index (κ3) is 4.20. The normalized spacial score (nSPS) is 11.0. The van der Waals surface area contributed by atoms with Crippen LogP contribution in [0.15, 0.2) is 67.0 Å². The van der Waals surface area contributed by atoms with Crippen molar-refractivity contribution in [2.24, 2.45) is 0 Å². The van der Waals surface area contributed by atoms with E-state index in [0.717, 1.165) is 16.9 Å². The monoisotopic (exact) mass is 336 g/mol. The maximum atomic E-state index is 12.9. The molecule has 3 rings (SSSR count). The standard InChI is InChI=1S/C20H17FN2O2/c1-25-20-10-4-15(13-17(20)14-23-12-2-11-22-23)3-9-19(24)16-5-7-18(21)8-6-16/h2-13H,14H2,1H3/b9-3+. The summed E-state index contributed by atoms with van der Waals surface area (Å²) < 4.78 is 20.1. The number of hydrogen-bond donors (Lipinski definition) is 0. The Balaban J connectivity index is 1.80. The van der Waals surface area contributed by atoms with Crippen LogP contribution in [0.1, 0.15) is 21.5 Å². The number of rotatable bonds is 6. The Bertz CT molecular complexity index is 885. The average Bonchev–Trinajstić information content (AvgIpc) is 3.13. The van der Waals surface area contributed by atoms with E-state index in [1.165, 1.54) is 30.3 Å². The molecule has 5 heteroatoms. The summed E-state index contributed by atoms with van der Waals surface area (Å²) in [5.41, 5.74) is 2.28. The van der Waals surface area contributed by atoms with Crippen LogP contribution in [0, 0.1) is 5.82 Å². The number of carbonyl (C=O) groups is 1. The second kappa shape index (κ2) is 7.57. The van der Waals surface area contributed by atoms with Crippen molar-refractivity contribution in [2.45, 2.75) is 6.54 Å². The van der Waals surface area contributed by atoms with Gasteiger partial charge in [-0.15, -0.1) is 0 Å². The fraction of sp³-hybridized carbons (Fsp3) is 0.100. The molecule has 25 heavy (non-hydrogen) atoms. The number of halogens is 1. The number of nitrogens with zero attached hydrogens (tertiary/aromatic N) is 2. The molecular weight excluding hydrogens is 319 g/mol. The number of hydrogen-bond acceptors (Lipinski definition) is 3. The molecule has 0 N–H and O–H groups in total. The van der Waals surface area contributed by atoms with E-state index in [9.17, 15) is 9.18 Å². The van der Waals surface area contributed by atoms with Crippen molar-refractivity contribution < 1.29 is 13.9 Å². The number of methoxy groups -OCH3 is 1. The summed E-state index contributed by atoms with van der Waals surface area (Å²) in [7, 11) is 1.62. The summed E-state index contributed by atoms with van der Waals surface area (Å²) >= 11 is 0. The first-order chi connectivity index (χ1) is 12.2. The van der Waals surface area contributed by atoms with Gasteiger partial charge in [0.15, 0.2) is 5.78 Å². The van der Waals surface area contributed by atoms with E-state index >= 15 is 0 Å². The Morgan fingerprint density at radius 2 is 2.04 bits per heavy atom. The van der Waals surface area contributed by atoms with Gasteiger partial charge in [0.2, 0.25) is 0 Å². The predicted octanol–water partition coefficient (Wildman–Crippen LogP) is 3.98. The molecule has 126 valence electrons. The maximum absolute atomic E-state index is 12.9. The van der Waals surface area contributed by atoms with Gasteiger partial charge in [-0.3, -0.25) is 9.48 Å². The Morgan fingerprint density at radius 1 is 1.24 bits per heavy atom. The van der Waals surface area contributed by atoms with Crippen molar-refractivity contribution in [1.29, 1.82) is 0 Å². The average molecular weight is 336 g/mol. The molecule has 0 spiro atoms. The number of carbonyl (C=O) groups excluding carboxylic acids is 1. The van der Waals surface area contributed by atoms with E-state index < -0.39 is 0 Å². The summed E-state index contributed by atoms with van der Waals surface area (Å²) in [6.45, 7) is 0.573. The highest BCUT2D eigenvalue weighted by molar-refractivity contribution is 6.06. The van der Waals surface area contributed by atoms with Gasteiger partial charge >= 0.3 is 0 Å². The zero-order chi connectivity index (χ0) is 17.6. The molecule has 0 aliphatic carbocycles. The minimum atomic E-state index is -0.362. The second-order valence-electron chi connectivity index (χ2n) is 5.48. The lowest BCUT2D eigenvalue weighted by atomic mass is 10.1. The Hall–Kier alpha value is -3.21. The van der Waals surface area contributed by atoms with E-state index in [-0.39, 0.29) is 11.6 Å². The molecule has 0 radical (unpaired) electrons. The van der Waals surface area contributed by atoms with E-state index in [4.69, 9.17) is 4.74 Å². The number of allylic oxidation sites excluding steroid dienone is 1. The Labute approximate surface area is 145 Å². The first-order valence-corrected chi connectivity index (χ1v) is 7.78. The van der Waals surface area contributed by atoms with Crippen LogP contribution in [0.5, 0.6) is 5.75 Å². The molecule has 0 amide bonds. The highest BCUT2D eigenvalue weighted by Gasteiger charge is 2.06. The summed E-state index contributed by atoms with van der Waals surface area (Å²) in [4.78, 5) is 12.1. The van der Waals surface area contributed by atoms with Crippen molar-refractivity contribution in [3.63, 3.8) is 0 Å². The molecule has 0 saturated heterocycles. The molecule has 2 aromatic carbocycles. The number of ether oxygens (including phenoxy) is 1. The summed E-state index contributed by atoms with van der Waals surface area (Å²) in [6.07, 6.45) is 6.81. The highest BCUT2D eigenvalue weighted by Crippen LogP contribution is 2.21. The molecule has 3 aromatic rings. The zero-order valence-corrected chi connectivity index (χ0v) is 13.7. The van der Waals surface area contributed by atoms with Gasteiger partial charge < -0.3 is 4.74 Å². The van der Waals surface area contributed by atoms with Crippen LogP contribution in [0.4, 0.5) is 4.39 Å². The maximum Gasteiger partial charge on any atom is 0.185 e. The molecule has 0 fully saturated rings. The lowest BCUT2D eigenvalue weighted by Crippen LogP contribution is -2.02. The van der Waals surface area contributed by atoms with Crippen LogP contribution < -0.4 is 4.74 Å². The van der Waals surface area contributed by atoms with Gasteiger partial charge in [0.05, 0.1) is 13.7 Å². The van der Waals surface area contributed by atoms with Crippen LogP contribution in [-0.2, 0) is 6.54 Å². The first kappa shape index (κ1) is 16.6. The van der Waals surface area contributed by atoms with Crippen molar-refractivity contribution in [3.8, 4) is 5.75 Å². The number of ketones is 1. The van der Waals surface area contributed by atoms with Crippen LogP contribution in [0.25, 0.3) is 6.08 Å². The second-order valence-corrected chi connectivity index (χ2v) is 5.48. The van der Waals surface area contributed by atoms with Crippen molar-refractivity contribution >= 4 is 11.9 Å². The summed E-state index contributed by atoms with van der Waals surface area (Å²) in [6, 6.07) is 13.0.